The Labute approximate surface area is 95.3 Å². The van der Waals surface area contributed by atoms with E-state index in [9.17, 15) is 10.1 Å². The van der Waals surface area contributed by atoms with Crippen molar-refractivity contribution in [1.82, 2.24) is 10.3 Å². The highest BCUT2D eigenvalue weighted by atomic mass is 16.6. The minimum absolute atomic E-state index is 0.0885. The summed E-state index contributed by atoms with van der Waals surface area (Å²) in [6.07, 6.45) is -0.542. The minimum atomic E-state index is -0.551. The fourth-order valence-corrected chi connectivity index (χ4v) is 1.40. The third-order valence-electron chi connectivity index (χ3n) is 2.18. The van der Waals surface area contributed by atoms with Gasteiger partial charge in [0.25, 0.3) is 0 Å². The molecule has 0 saturated heterocycles. The molecule has 1 unspecified atom stereocenters. The Morgan fingerprint density at radius 3 is 2.88 bits per heavy atom. The molecule has 1 atom stereocenters. The van der Waals surface area contributed by atoms with Gasteiger partial charge in [-0.05, 0) is 23.3 Å². The Bertz CT molecular complexity index is 551. The van der Waals surface area contributed by atoms with Crippen molar-refractivity contribution in [2.75, 3.05) is 11.9 Å². The number of anilines is 1. The average Bonchev–Trinajstić information content (AvgIpc) is 2.73. The van der Waals surface area contributed by atoms with E-state index < -0.39 is 11.0 Å². The number of nitrogens with one attached hydrogen (secondary N) is 1. The molecule has 90 valence electrons. The lowest BCUT2D eigenvalue weighted by atomic mass is 10.2. The van der Waals surface area contributed by atoms with Gasteiger partial charge in [-0.3, -0.25) is 10.1 Å². The zero-order chi connectivity index (χ0) is 12.4. The number of non-ortho nitro benzene ring substituents is 1. The third-order valence-corrected chi connectivity index (χ3v) is 2.18. The second-order valence-corrected chi connectivity index (χ2v) is 3.58. The number of nitro benzene ring substituents is 1. The Morgan fingerprint density at radius 1 is 1.53 bits per heavy atom. The van der Waals surface area contributed by atoms with E-state index in [-0.39, 0.29) is 16.7 Å². The summed E-state index contributed by atoms with van der Waals surface area (Å²) < 4.78 is 4.50. The van der Waals surface area contributed by atoms with Gasteiger partial charge in [0.15, 0.2) is 5.52 Å². The summed E-state index contributed by atoms with van der Waals surface area (Å²) in [5, 5.41) is 29.9. The highest BCUT2D eigenvalue weighted by Gasteiger charge is 2.19. The van der Waals surface area contributed by atoms with Crippen LogP contribution in [0.4, 0.5) is 11.4 Å². The molecule has 1 heterocycles. The lowest BCUT2D eigenvalue weighted by Crippen LogP contribution is -2.15. The number of hydrogen-bond acceptors (Lipinski definition) is 7. The molecule has 0 saturated carbocycles. The molecule has 0 amide bonds. The fraction of sp³-hybridized carbons (Fsp3) is 0.333. The van der Waals surface area contributed by atoms with E-state index in [0.29, 0.717) is 12.2 Å². The van der Waals surface area contributed by atoms with Crippen LogP contribution in [0.3, 0.4) is 0 Å². The molecule has 0 bridgehead atoms. The largest absolute Gasteiger partial charge is 0.392 e. The van der Waals surface area contributed by atoms with Gasteiger partial charge >= 0.3 is 5.69 Å². The van der Waals surface area contributed by atoms with Crippen molar-refractivity contribution in [2.24, 2.45) is 0 Å². The smallest absolute Gasteiger partial charge is 0.300 e. The Balaban J connectivity index is 2.42. The molecular formula is C9H10N4O4. The van der Waals surface area contributed by atoms with Crippen LogP contribution in [-0.4, -0.2) is 33.0 Å². The molecule has 8 nitrogen and oxygen atoms in total. The van der Waals surface area contributed by atoms with E-state index in [2.05, 4.69) is 20.3 Å². The molecule has 1 aromatic heterocycles. The van der Waals surface area contributed by atoms with Crippen molar-refractivity contribution in [3.8, 4) is 0 Å². The maximum absolute atomic E-state index is 10.7. The van der Waals surface area contributed by atoms with Crippen molar-refractivity contribution < 1.29 is 14.7 Å². The third kappa shape index (κ3) is 2.16. The van der Waals surface area contributed by atoms with Crippen LogP contribution < -0.4 is 5.32 Å². The van der Waals surface area contributed by atoms with Gasteiger partial charge in [0.2, 0.25) is 5.52 Å². The summed E-state index contributed by atoms with van der Waals surface area (Å²) in [6, 6.07) is 2.82. The molecule has 17 heavy (non-hydrogen) atoms. The second kappa shape index (κ2) is 4.34. The maximum atomic E-state index is 10.7. The van der Waals surface area contributed by atoms with Crippen LogP contribution in [0.1, 0.15) is 6.92 Å². The number of fused-ring (bicyclic) bond motifs is 1. The molecule has 8 heteroatoms. The number of hydrogen-bond donors (Lipinski definition) is 2. The first-order valence-corrected chi connectivity index (χ1v) is 4.91. The Morgan fingerprint density at radius 2 is 2.24 bits per heavy atom. The van der Waals surface area contributed by atoms with E-state index in [4.69, 9.17) is 5.11 Å². The number of aliphatic hydroxyl groups is 1. The summed E-state index contributed by atoms with van der Waals surface area (Å²) in [5.74, 6) is 0. The molecular weight excluding hydrogens is 228 g/mol. The zero-order valence-corrected chi connectivity index (χ0v) is 8.95. The first-order valence-electron chi connectivity index (χ1n) is 4.91. The van der Waals surface area contributed by atoms with Gasteiger partial charge in [0, 0.05) is 12.6 Å². The Kier molecular flexibility index (Phi) is 2.88. The molecule has 0 spiro atoms. The van der Waals surface area contributed by atoms with Crippen molar-refractivity contribution in [1.29, 1.82) is 0 Å². The fourth-order valence-electron chi connectivity index (χ4n) is 1.40. The van der Waals surface area contributed by atoms with Crippen LogP contribution in [0.5, 0.6) is 0 Å². The lowest BCUT2D eigenvalue weighted by Gasteiger charge is -2.07. The maximum Gasteiger partial charge on any atom is 0.300 e. The van der Waals surface area contributed by atoms with Crippen LogP contribution >= 0.6 is 0 Å². The van der Waals surface area contributed by atoms with Crippen molar-refractivity contribution in [3.63, 3.8) is 0 Å². The van der Waals surface area contributed by atoms with Crippen molar-refractivity contribution in [2.45, 2.75) is 13.0 Å². The minimum Gasteiger partial charge on any atom is -0.392 e. The standard InChI is InChI=1S/C9H10N4O4/c1-5(14)4-10-6-2-3-7(13(15)16)9-8(6)11-17-12-9/h2-3,5,10,14H,4H2,1H3. The molecule has 1 aromatic carbocycles. The van der Waals surface area contributed by atoms with E-state index >= 15 is 0 Å². The number of aliphatic hydroxyl groups excluding tert-OH is 1. The lowest BCUT2D eigenvalue weighted by molar-refractivity contribution is -0.383. The quantitative estimate of drug-likeness (QED) is 0.601. The topological polar surface area (TPSA) is 114 Å². The average molecular weight is 238 g/mol. The van der Waals surface area contributed by atoms with Gasteiger partial charge in [-0.2, -0.15) is 0 Å². The summed E-state index contributed by atoms with van der Waals surface area (Å²) in [5.41, 5.74) is 0.738. The molecule has 0 aliphatic heterocycles. The predicted molar refractivity (Wildman–Crippen MR) is 58.6 cm³/mol. The van der Waals surface area contributed by atoms with Gasteiger partial charge in [-0.25, -0.2) is 4.63 Å². The van der Waals surface area contributed by atoms with E-state index in [0.717, 1.165) is 0 Å². The van der Waals surface area contributed by atoms with Crippen LogP contribution in [0, 0.1) is 10.1 Å². The monoisotopic (exact) mass is 238 g/mol. The Hall–Kier alpha value is -2.22. The number of benzene rings is 1. The highest BCUT2D eigenvalue weighted by molar-refractivity contribution is 5.93. The van der Waals surface area contributed by atoms with Crippen molar-refractivity contribution in [3.05, 3.63) is 22.2 Å². The van der Waals surface area contributed by atoms with Gasteiger partial charge < -0.3 is 10.4 Å². The zero-order valence-electron chi connectivity index (χ0n) is 8.95. The van der Waals surface area contributed by atoms with Crippen LogP contribution in [-0.2, 0) is 0 Å². The van der Waals surface area contributed by atoms with Gasteiger partial charge in [0.1, 0.15) is 0 Å². The number of nitrogens with zero attached hydrogens (tertiary/aromatic N) is 3. The van der Waals surface area contributed by atoms with Crippen molar-refractivity contribution >= 4 is 22.4 Å². The number of nitro groups is 1. The summed E-state index contributed by atoms with van der Waals surface area (Å²) in [6.45, 7) is 1.93. The highest BCUT2D eigenvalue weighted by Crippen LogP contribution is 2.28. The van der Waals surface area contributed by atoms with Gasteiger partial charge in [-0.1, -0.05) is 0 Å². The number of aromatic nitrogens is 2. The molecule has 0 radical (unpaired) electrons. The molecule has 2 N–H and O–H groups in total. The number of rotatable bonds is 4. The van der Waals surface area contributed by atoms with Crippen LogP contribution in [0.25, 0.3) is 11.0 Å². The molecule has 0 aliphatic carbocycles. The SMILES string of the molecule is CC(O)CNc1ccc([N+](=O)[O-])c2nonc12. The van der Waals surface area contributed by atoms with Gasteiger partial charge in [-0.15, -0.1) is 0 Å². The van der Waals surface area contributed by atoms with E-state index in [1.54, 1.807) is 6.92 Å². The van der Waals surface area contributed by atoms with Gasteiger partial charge in [0.05, 0.1) is 16.7 Å². The molecule has 0 aliphatic rings. The summed E-state index contributed by atoms with van der Waals surface area (Å²) in [7, 11) is 0. The predicted octanol–water partition coefficient (Wildman–Crippen LogP) is 0.924. The first kappa shape index (κ1) is 11.3. The first-order chi connectivity index (χ1) is 8.09. The summed E-state index contributed by atoms with van der Waals surface area (Å²) in [4.78, 5) is 10.2. The van der Waals surface area contributed by atoms with E-state index in [1.165, 1.54) is 12.1 Å². The second-order valence-electron chi connectivity index (χ2n) is 3.58. The molecule has 0 fully saturated rings. The van der Waals surface area contributed by atoms with Crippen LogP contribution in [0.15, 0.2) is 16.8 Å². The molecule has 2 rings (SSSR count). The normalized spacial score (nSPS) is 12.6. The summed E-state index contributed by atoms with van der Waals surface area (Å²) >= 11 is 0. The van der Waals surface area contributed by atoms with Crippen LogP contribution in [0.2, 0.25) is 0 Å². The molecule has 2 aromatic rings. The van der Waals surface area contributed by atoms with E-state index in [1.807, 2.05) is 0 Å².